The average Bonchev–Trinajstić information content (AvgIpc) is 3.10. The van der Waals surface area contributed by atoms with Crippen LogP contribution in [-0.2, 0) is 0 Å². The molecule has 1 aromatic rings. The third kappa shape index (κ3) is 2.88. The van der Waals surface area contributed by atoms with Crippen LogP contribution in [0.1, 0.15) is 23.2 Å². The molecule has 1 saturated carbocycles. The van der Waals surface area contributed by atoms with Crippen LogP contribution in [0.3, 0.4) is 0 Å². The summed E-state index contributed by atoms with van der Waals surface area (Å²) in [5, 5.41) is 3.75. The number of carbonyl (C=O) groups is 1. The Hall–Kier alpha value is -0.420. The molecule has 0 spiro atoms. The molecule has 17 heavy (non-hydrogen) atoms. The number of benzene rings is 1. The van der Waals surface area contributed by atoms with E-state index >= 15 is 0 Å². The van der Waals surface area contributed by atoms with Crippen molar-refractivity contribution in [2.24, 2.45) is 5.41 Å². The Bertz CT molecular complexity index is 446. The molecule has 0 aliphatic heterocycles. The summed E-state index contributed by atoms with van der Waals surface area (Å²) in [7, 11) is 0. The van der Waals surface area contributed by atoms with Crippen LogP contribution in [0.15, 0.2) is 22.7 Å². The van der Waals surface area contributed by atoms with Gasteiger partial charge in [-0.2, -0.15) is 0 Å². The normalized spacial score (nSPS) is 16.6. The quantitative estimate of drug-likeness (QED) is 0.814. The molecule has 0 unspecified atom stereocenters. The zero-order valence-corrected chi connectivity index (χ0v) is 12.3. The minimum atomic E-state index is -0.417. The third-order valence-corrected chi connectivity index (χ3v) is 5.06. The molecule has 1 aromatic carbocycles. The van der Waals surface area contributed by atoms with E-state index in [2.05, 4.69) is 37.2 Å². The van der Waals surface area contributed by atoms with Gasteiger partial charge in [-0.25, -0.2) is 4.39 Å². The monoisotopic (exact) mass is 363 g/mol. The summed E-state index contributed by atoms with van der Waals surface area (Å²) in [4.78, 5) is 11.9. The molecule has 92 valence electrons. The molecule has 0 atom stereocenters. The minimum Gasteiger partial charge on any atom is -0.351 e. The van der Waals surface area contributed by atoms with Crippen molar-refractivity contribution in [3.8, 4) is 0 Å². The Morgan fingerprint density at radius 3 is 2.76 bits per heavy atom. The van der Waals surface area contributed by atoms with Crippen LogP contribution in [0.4, 0.5) is 4.39 Å². The van der Waals surface area contributed by atoms with Gasteiger partial charge in [0.2, 0.25) is 0 Å². The second kappa shape index (κ2) is 5.06. The molecular weight excluding hydrogens is 353 g/mol. The van der Waals surface area contributed by atoms with E-state index in [9.17, 15) is 9.18 Å². The first-order chi connectivity index (χ1) is 8.08. The zero-order valence-electron chi connectivity index (χ0n) is 9.10. The number of nitrogens with one attached hydrogen (secondary N) is 1. The van der Waals surface area contributed by atoms with Crippen molar-refractivity contribution in [1.29, 1.82) is 0 Å². The van der Waals surface area contributed by atoms with Crippen LogP contribution in [0, 0.1) is 11.2 Å². The summed E-state index contributed by atoms with van der Waals surface area (Å²) in [6.07, 6.45) is 2.26. The highest BCUT2D eigenvalue weighted by molar-refractivity contribution is 9.10. The zero-order chi connectivity index (χ0) is 12.5. The SMILES string of the molecule is O=C(NCC1(CBr)CC1)c1cccc(F)c1Br. The maximum absolute atomic E-state index is 13.3. The molecule has 0 bridgehead atoms. The van der Waals surface area contributed by atoms with Crippen LogP contribution in [0.2, 0.25) is 0 Å². The lowest BCUT2D eigenvalue weighted by Gasteiger charge is -2.13. The van der Waals surface area contributed by atoms with E-state index in [1.165, 1.54) is 12.1 Å². The molecule has 1 aliphatic rings. The smallest absolute Gasteiger partial charge is 0.252 e. The topological polar surface area (TPSA) is 29.1 Å². The standard InChI is InChI=1S/C12H12Br2FNO/c13-6-12(4-5-12)7-16-11(17)8-2-1-3-9(15)10(8)14/h1-3H,4-7H2,(H,16,17). The molecule has 0 saturated heterocycles. The first-order valence-corrected chi connectivity index (χ1v) is 7.28. The van der Waals surface area contributed by atoms with Crippen molar-refractivity contribution in [1.82, 2.24) is 5.32 Å². The van der Waals surface area contributed by atoms with E-state index < -0.39 is 5.82 Å². The Morgan fingerprint density at radius 1 is 1.47 bits per heavy atom. The predicted octanol–water partition coefficient (Wildman–Crippen LogP) is 3.49. The highest BCUT2D eigenvalue weighted by Gasteiger charge is 2.41. The fourth-order valence-electron chi connectivity index (χ4n) is 1.58. The third-order valence-electron chi connectivity index (χ3n) is 3.06. The predicted molar refractivity (Wildman–Crippen MR) is 71.9 cm³/mol. The molecular formula is C12H12Br2FNO. The maximum atomic E-state index is 13.3. The maximum Gasteiger partial charge on any atom is 0.252 e. The number of alkyl halides is 1. The van der Waals surface area contributed by atoms with Gasteiger partial charge in [0.25, 0.3) is 5.91 Å². The Labute approximate surface area is 116 Å². The molecule has 0 heterocycles. The van der Waals surface area contributed by atoms with E-state index in [1.807, 2.05) is 0 Å². The van der Waals surface area contributed by atoms with E-state index in [-0.39, 0.29) is 15.8 Å². The van der Waals surface area contributed by atoms with Gasteiger partial charge in [0, 0.05) is 11.9 Å². The van der Waals surface area contributed by atoms with Crippen molar-refractivity contribution in [3.05, 3.63) is 34.1 Å². The summed E-state index contributed by atoms with van der Waals surface area (Å²) in [5.74, 6) is -0.650. The van der Waals surface area contributed by atoms with Crippen molar-refractivity contribution in [2.45, 2.75) is 12.8 Å². The van der Waals surface area contributed by atoms with E-state index in [0.29, 0.717) is 12.1 Å². The van der Waals surface area contributed by atoms with Gasteiger partial charge in [-0.3, -0.25) is 4.79 Å². The minimum absolute atomic E-state index is 0.218. The Morgan fingerprint density at radius 2 is 2.18 bits per heavy atom. The number of hydrogen-bond donors (Lipinski definition) is 1. The van der Waals surface area contributed by atoms with Gasteiger partial charge in [-0.05, 0) is 46.3 Å². The van der Waals surface area contributed by atoms with Gasteiger partial charge in [-0.15, -0.1) is 0 Å². The summed E-state index contributed by atoms with van der Waals surface area (Å²) in [6, 6.07) is 4.46. The summed E-state index contributed by atoms with van der Waals surface area (Å²) < 4.78 is 13.5. The molecule has 2 rings (SSSR count). The Kier molecular flexibility index (Phi) is 3.88. The van der Waals surface area contributed by atoms with Crippen LogP contribution >= 0.6 is 31.9 Å². The second-order valence-electron chi connectivity index (χ2n) is 4.42. The largest absolute Gasteiger partial charge is 0.351 e. The van der Waals surface area contributed by atoms with Gasteiger partial charge in [0.15, 0.2) is 0 Å². The van der Waals surface area contributed by atoms with Gasteiger partial charge < -0.3 is 5.32 Å². The molecule has 1 aliphatic carbocycles. The van der Waals surface area contributed by atoms with Crippen molar-refractivity contribution < 1.29 is 9.18 Å². The summed E-state index contributed by atoms with van der Waals surface area (Å²) >= 11 is 6.53. The molecule has 2 nitrogen and oxygen atoms in total. The average molecular weight is 365 g/mol. The van der Waals surface area contributed by atoms with Gasteiger partial charge in [0.05, 0.1) is 10.0 Å². The van der Waals surface area contributed by atoms with Crippen LogP contribution in [-0.4, -0.2) is 17.8 Å². The highest BCUT2D eigenvalue weighted by atomic mass is 79.9. The molecule has 1 fully saturated rings. The summed E-state index contributed by atoms with van der Waals surface area (Å²) in [6.45, 7) is 0.639. The van der Waals surface area contributed by atoms with Gasteiger partial charge in [-0.1, -0.05) is 22.0 Å². The lowest BCUT2D eigenvalue weighted by Crippen LogP contribution is -2.31. The summed E-state index contributed by atoms with van der Waals surface area (Å²) in [5.41, 5.74) is 0.561. The first-order valence-electron chi connectivity index (χ1n) is 5.36. The lowest BCUT2D eigenvalue weighted by molar-refractivity contribution is 0.0945. The number of halogens is 3. The fraction of sp³-hybridized carbons (Fsp3) is 0.417. The number of carbonyl (C=O) groups excluding carboxylic acids is 1. The molecule has 0 radical (unpaired) electrons. The van der Waals surface area contributed by atoms with Crippen LogP contribution < -0.4 is 5.32 Å². The van der Waals surface area contributed by atoms with Gasteiger partial charge in [0.1, 0.15) is 5.82 Å². The molecule has 1 amide bonds. The molecule has 5 heteroatoms. The molecule has 1 N–H and O–H groups in total. The van der Waals surface area contributed by atoms with Crippen molar-refractivity contribution in [3.63, 3.8) is 0 Å². The number of hydrogen-bond acceptors (Lipinski definition) is 1. The van der Waals surface area contributed by atoms with Gasteiger partial charge >= 0.3 is 0 Å². The number of rotatable bonds is 4. The Balaban J connectivity index is 2.02. The molecule has 0 aromatic heterocycles. The van der Waals surface area contributed by atoms with E-state index in [4.69, 9.17) is 0 Å². The highest BCUT2D eigenvalue weighted by Crippen LogP contribution is 2.46. The van der Waals surface area contributed by atoms with Crippen molar-refractivity contribution >= 4 is 37.8 Å². The van der Waals surface area contributed by atoms with E-state index in [1.54, 1.807) is 6.07 Å². The first kappa shape index (κ1) is 13.0. The van der Waals surface area contributed by atoms with Crippen LogP contribution in [0.5, 0.6) is 0 Å². The lowest BCUT2D eigenvalue weighted by atomic mass is 10.1. The van der Waals surface area contributed by atoms with E-state index in [0.717, 1.165) is 18.2 Å². The fourth-order valence-corrected chi connectivity index (χ4v) is 2.78. The van der Waals surface area contributed by atoms with Crippen LogP contribution in [0.25, 0.3) is 0 Å². The number of amides is 1. The van der Waals surface area contributed by atoms with Crippen molar-refractivity contribution in [2.75, 3.05) is 11.9 Å². The second-order valence-corrected chi connectivity index (χ2v) is 5.77.